The van der Waals surface area contributed by atoms with Crippen molar-refractivity contribution in [2.45, 2.75) is 57.7 Å². The molecule has 33 heavy (non-hydrogen) atoms. The first-order chi connectivity index (χ1) is 15.5. The minimum absolute atomic E-state index is 0.149. The number of rotatable bonds is 1. The minimum atomic E-state index is -0.179. The van der Waals surface area contributed by atoms with Gasteiger partial charge in [-0.2, -0.15) is 0 Å². The first-order valence-corrected chi connectivity index (χ1v) is 12.5. The van der Waals surface area contributed by atoms with Crippen LogP contribution in [0.4, 0.5) is 0 Å². The summed E-state index contributed by atoms with van der Waals surface area (Å²) in [5.74, 6) is 0. The fraction of sp³-hybridized carbons (Fsp3) is 0.333. The summed E-state index contributed by atoms with van der Waals surface area (Å²) >= 11 is 7.89. The molecule has 6 heteroatoms. The van der Waals surface area contributed by atoms with Gasteiger partial charge in [-0.25, -0.2) is 0 Å². The van der Waals surface area contributed by atoms with E-state index in [-0.39, 0.29) is 28.2 Å². The van der Waals surface area contributed by atoms with Crippen LogP contribution in [-0.2, 0) is 0 Å². The minimum Gasteiger partial charge on any atom is -0.307 e. The number of hydrogen-bond donors (Lipinski definition) is 1. The molecule has 3 heterocycles. The van der Waals surface area contributed by atoms with Crippen molar-refractivity contribution in [2.75, 3.05) is 0 Å². The maximum atomic E-state index is 13.8. The molecular formula is C27H25ClN2O2S. The van der Waals surface area contributed by atoms with E-state index in [0.717, 1.165) is 43.8 Å². The Morgan fingerprint density at radius 3 is 2.06 bits per heavy atom. The molecule has 6 rings (SSSR count). The third-order valence-electron chi connectivity index (χ3n) is 7.01. The molecule has 1 aliphatic heterocycles. The summed E-state index contributed by atoms with van der Waals surface area (Å²) in [6, 6.07) is 13.6. The van der Waals surface area contributed by atoms with E-state index < -0.39 is 0 Å². The van der Waals surface area contributed by atoms with Crippen LogP contribution in [0.25, 0.3) is 41.7 Å². The molecule has 0 unspecified atom stereocenters. The van der Waals surface area contributed by atoms with Gasteiger partial charge >= 0.3 is 0 Å². The molecule has 0 amide bonds. The highest BCUT2D eigenvalue weighted by Gasteiger charge is 2.39. The lowest BCUT2D eigenvalue weighted by atomic mass is 9.79. The zero-order valence-electron chi connectivity index (χ0n) is 19.1. The Balaban J connectivity index is 1.71. The van der Waals surface area contributed by atoms with Gasteiger partial charge in [-0.05, 0) is 81.6 Å². The Kier molecular flexibility index (Phi) is 4.33. The molecule has 0 atom stereocenters. The van der Waals surface area contributed by atoms with Gasteiger partial charge in [-0.3, -0.25) is 14.2 Å². The van der Waals surface area contributed by atoms with Crippen LogP contribution in [0.3, 0.4) is 0 Å². The van der Waals surface area contributed by atoms with Gasteiger partial charge in [0.25, 0.3) is 11.1 Å². The predicted molar refractivity (Wildman–Crippen MR) is 141 cm³/mol. The number of nitrogens with zero attached hydrogens (tertiary/aromatic N) is 1. The maximum Gasteiger partial charge on any atom is 0.261 e. The van der Waals surface area contributed by atoms with Crippen molar-refractivity contribution in [1.29, 1.82) is 0 Å². The number of pyridine rings is 1. The van der Waals surface area contributed by atoms with Gasteiger partial charge in [-0.1, -0.05) is 23.7 Å². The summed E-state index contributed by atoms with van der Waals surface area (Å²) in [5, 5.41) is 9.52. The van der Waals surface area contributed by atoms with Crippen molar-refractivity contribution >= 4 is 64.7 Å². The van der Waals surface area contributed by atoms with E-state index in [0.29, 0.717) is 15.8 Å². The van der Waals surface area contributed by atoms with Crippen LogP contribution >= 0.6 is 22.9 Å². The number of benzene rings is 3. The number of halogens is 1. The third-order valence-corrected chi connectivity index (χ3v) is 8.36. The van der Waals surface area contributed by atoms with Crippen LogP contribution in [0.15, 0.2) is 52.1 Å². The first kappa shape index (κ1) is 21.1. The Labute approximate surface area is 200 Å². The summed E-state index contributed by atoms with van der Waals surface area (Å²) in [5.41, 5.74) is -0.694. The Morgan fingerprint density at radius 2 is 1.39 bits per heavy atom. The maximum absolute atomic E-state index is 13.8. The summed E-state index contributed by atoms with van der Waals surface area (Å²) in [6.45, 7) is 8.56. The number of nitrogens with one attached hydrogen (secondary N) is 1. The largest absolute Gasteiger partial charge is 0.307 e. The molecule has 1 N–H and O–H groups in total. The summed E-state index contributed by atoms with van der Waals surface area (Å²) in [7, 11) is 0. The van der Waals surface area contributed by atoms with Crippen LogP contribution in [0.1, 0.15) is 46.6 Å². The molecule has 0 bridgehead atoms. The molecule has 1 aliphatic rings. The van der Waals surface area contributed by atoms with Crippen molar-refractivity contribution in [3.63, 3.8) is 0 Å². The smallest absolute Gasteiger partial charge is 0.261 e. The predicted octanol–water partition coefficient (Wildman–Crippen LogP) is 6.46. The zero-order chi connectivity index (χ0) is 23.3. The van der Waals surface area contributed by atoms with Crippen LogP contribution < -0.4 is 16.4 Å². The molecular weight excluding hydrogens is 452 g/mol. The van der Waals surface area contributed by atoms with Crippen LogP contribution in [-0.4, -0.2) is 15.6 Å². The molecule has 0 spiro atoms. The molecule has 5 aromatic rings. The summed E-state index contributed by atoms with van der Waals surface area (Å²) in [6.07, 6.45) is 1.46. The molecule has 2 aromatic heterocycles. The van der Waals surface area contributed by atoms with Crippen molar-refractivity contribution in [2.24, 2.45) is 0 Å². The van der Waals surface area contributed by atoms with E-state index in [2.05, 4.69) is 33.0 Å². The van der Waals surface area contributed by atoms with Crippen molar-refractivity contribution < 1.29 is 0 Å². The number of hydrogen-bond acceptors (Lipinski definition) is 4. The van der Waals surface area contributed by atoms with Crippen LogP contribution in [0.2, 0.25) is 5.02 Å². The fourth-order valence-electron chi connectivity index (χ4n) is 6.19. The van der Waals surface area contributed by atoms with Gasteiger partial charge in [-0.15, -0.1) is 11.3 Å². The SMILES string of the molecule is CC1(C)CC(n2c(=O)c3ccc4sc5cc(Cl)ccc5c5ccc(c2=O)c3c45)CC(C)(C)N1. The lowest BCUT2D eigenvalue weighted by molar-refractivity contribution is 0.129. The van der Waals surface area contributed by atoms with E-state index in [1.807, 2.05) is 42.5 Å². The molecule has 1 fully saturated rings. The van der Waals surface area contributed by atoms with Crippen molar-refractivity contribution in [3.05, 3.63) is 68.2 Å². The average molecular weight is 477 g/mol. The lowest BCUT2D eigenvalue weighted by Crippen LogP contribution is -2.59. The molecule has 3 aromatic carbocycles. The number of fused-ring (bicyclic) bond motifs is 2. The van der Waals surface area contributed by atoms with E-state index in [4.69, 9.17) is 11.6 Å². The second-order valence-corrected chi connectivity index (χ2v) is 12.2. The highest BCUT2D eigenvalue weighted by Crippen LogP contribution is 2.41. The van der Waals surface area contributed by atoms with Gasteiger partial charge in [0.05, 0.1) is 0 Å². The van der Waals surface area contributed by atoms with Crippen molar-refractivity contribution in [3.8, 4) is 0 Å². The third kappa shape index (κ3) is 3.13. The lowest BCUT2D eigenvalue weighted by Gasteiger charge is -2.46. The molecule has 1 saturated heterocycles. The highest BCUT2D eigenvalue weighted by molar-refractivity contribution is 7.25. The second-order valence-electron chi connectivity index (χ2n) is 10.7. The second kappa shape index (κ2) is 6.78. The van der Waals surface area contributed by atoms with Gasteiger partial charge < -0.3 is 5.32 Å². The number of piperidine rings is 1. The van der Waals surface area contributed by atoms with Gasteiger partial charge in [0.1, 0.15) is 0 Å². The molecule has 4 nitrogen and oxygen atoms in total. The normalized spacial score (nSPS) is 18.7. The Hall–Kier alpha value is -2.47. The van der Waals surface area contributed by atoms with E-state index in [1.165, 1.54) is 4.57 Å². The number of aromatic nitrogens is 1. The highest BCUT2D eigenvalue weighted by atomic mass is 35.5. The van der Waals surface area contributed by atoms with Crippen molar-refractivity contribution in [1.82, 2.24) is 9.88 Å². The van der Waals surface area contributed by atoms with E-state index in [1.54, 1.807) is 11.3 Å². The van der Waals surface area contributed by atoms with Gasteiger partial charge in [0.2, 0.25) is 0 Å². The molecule has 0 aliphatic carbocycles. The Morgan fingerprint density at radius 1 is 0.818 bits per heavy atom. The van der Waals surface area contributed by atoms with Crippen LogP contribution in [0.5, 0.6) is 0 Å². The van der Waals surface area contributed by atoms with Gasteiger partial charge in [0, 0.05) is 53.1 Å². The summed E-state index contributed by atoms with van der Waals surface area (Å²) in [4.78, 5) is 27.6. The standard InChI is InChI=1S/C27H25ClN2O2S/c1-26(2)12-15(13-27(3,4)29-26)30-24(31)18-8-7-17-16-6-5-14(28)11-21(16)33-20-10-9-19(25(30)32)22(18)23(17)20/h5-11,15,29H,12-13H2,1-4H3. The van der Waals surface area contributed by atoms with Crippen LogP contribution in [0, 0.1) is 0 Å². The Bertz CT molecular complexity index is 1660. The molecule has 0 saturated carbocycles. The quantitative estimate of drug-likeness (QED) is 0.223. The fourth-order valence-corrected chi connectivity index (χ4v) is 7.58. The summed E-state index contributed by atoms with van der Waals surface area (Å²) < 4.78 is 3.68. The zero-order valence-corrected chi connectivity index (χ0v) is 20.7. The topological polar surface area (TPSA) is 51.1 Å². The first-order valence-electron chi connectivity index (χ1n) is 11.3. The monoisotopic (exact) mass is 476 g/mol. The van der Waals surface area contributed by atoms with E-state index >= 15 is 0 Å². The average Bonchev–Trinajstić information content (AvgIpc) is 2.71. The molecule has 168 valence electrons. The van der Waals surface area contributed by atoms with Gasteiger partial charge in [0.15, 0.2) is 0 Å². The van der Waals surface area contributed by atoms with E-state index in [9.17, 15) is 9.59 Å². The molecule has 0 radical (unpaired) electrons.